The Morgan fingerprint density at radius 3 is 2.86 bits per heavy atom. The lowest BCUT2D eigenvalue weighted by atomic mass is 10.2. The van der Waals surface area contributed by atoms with Crippen LogP contribution >= 0.6 is 27.5 Å². The molecule has 5 heteroatoms. The zero-order chi connectivity index (χ0) is 10.6. The number of nitrogens with zero attached hydrogens (tertiary/aromatic N) is 2. The Morgan fingerprint density at radius 1 is 1.57 bits per heavy atom. The van der Waals surface area contributed by atoms with Crippen LogP contribution in [0.2, 0.25) is 0 Å². The van der Waals surface area contributed by atoms with Gasteiger partial charge in [0, 0.05) is 0 Å². The summed E-state index contributed by atoms with van der Waals surface area (Å²) < 4.78 is 0.257. The number of rotatable bonds is 2. The smallest absolute Gasteiger partial charge is 0.229 e. The summed E-state index contributed by atoms with van der Waals surface area (Å²) in [6.07, 6.45) is 1.47. The molecule has 0 aliphatic carbocycles. The van der Waals surface area contributed by atoms with E-state index in [9.17, 15) is 4.79 Å². The third-order valence-corrected chi connectivity index (χ3v) is 1.83. The van der Waals surface area contributed by atoms with E-state index in [0.29, 0.717) is 11.4 Å². The molecular weight excluding hydrogens is 267 g/mol. The van der Waals surface area contributed by atoms with Crippen LogP contribution < -0.4 is 0 Å². The summed E-state index contributed by atoms with van der Waals surface area (Å²) in [6, 6.07) is 5.17. The van der Waals surface area contributed by atoms with Crippen LogP contribution in [0.5, 0.6) is 0 Å². The van der Waals surface area contributed by atoms with Crippen LogP contribution in [0.4, 0.5) is 11.4 Å². The molecule has 0 fully saturated rings. The molecule has 1 aromatic carbocycles. The van der Waals surface area contributed by atoms with Crippen molar-refractivity contribution in [3.8, 4) is 0 Å². The van der Waals surface area contributed by atoms with E-state index in [-0.39, 0.29) is 4.08 Å². The molecule has 1 aromatic rings. The average Bonchev–Trinajstić information content (AvgIpc) is 2.10. The maximum Gasteiger partial charge on any atom is 0.240 e. The standard InChI is InChI=1S/C9H6BrClN2O/c1-6-2-3-7(12-5-14)4-8(6)13-9(10)11/h2-4H,1H3. The van der Waals surface area contributed by atoms with Crippen molar-refractivity contribution in [3.63, 3.8) is 0 Å². The Kier molecular flexibility index (Phi) is 4.01. The number of aliphatic imine (C=N–C) groups is 2. The first-order valence-electron chi connectivity index (χ1n) is 3.71. The second-order valence-corrected chi connectivity index (χ2v) is 4.09. The van der Waals surface area contributed by atoms with E-state index in [1.165, 1.54) is 6.08 Å². The molecule has 0 saturated carbocycles. The average molecular weight is 274 g/mol. The van der Waals surface area contributed by atoms with Gasteiger partial charge in [-0.2, -0.15) is 4.99 Å². The van der Waals surface area contributed by atoms with E-state index in [4.69, 9.17) is 11.6 Å². The van der Waals surface area contributed by atoms with E-state index < -0.39 is 0 Å². The number of carbonyl (C=O) groups excluding carboxylic acids is 1. The van der Waals surface area contributed by atoms with E-state index >= 15 is 0 Å². The van der Waals surface area contributed by atoms with Crippen LogP contribution in [0, 0.1) is 6.92 Å². The van der Waals surface area contributed by atoms with Crippen LogP contribution in [0.3, 0.4) is 0 Å². The number of aryl methyl sites for hydroxylation is 1. The lowest BCUT2D eigenvalue weighted by Crippen LogP contribution is -1.76. The van der Waals surface area contributed by atoms with Gasteiger partial charge in [0.25, 0.3) is 0 Å². The Balaban J connectivity index is 3.21. The third kappa shape index (κ3) is 3.07. The molecule has 0 spiro atoms. The van der Waals surface area contributed by atoms with E-state index in [1.807, 2.05) is 13.0 Å². The molecule has 0 N–H and O–H groups in total. The van der Waals surface area contributed by atoms with Crippen molar-refractivity contribution < 1.29 is 4.79 Å². The van der Waals surface area contributed by atoms with Gasteiger partial charge >= 0.3 is 0 Å². The Bertz CT molecular complexity index is 421. The zero-order valence-corrected chi connectivity index (χ0v) is 9.63. The molecular formula is C9H6BrClN2O. The predicted molar refractivity (Wildman–Crippen MR) is 60.8 cm³/mol. The molecule has 0 unspecified atom stereocenters. The summed E-state index contributed by atoms with van der Waals surface area (Å²) in [7, 11) is 0. The highest BCUT2D eigenvalue weighted by molar-refractivity contribution is 9.19. The zero-order valence-electron chi connectivity index (χ0n) is 7.29. The number of hydrogen-bond acceptors (Lipinski definition) is 3. The number of halogens is 2. The monoisotopic (exact) mass is 272 g/mol. The molecule has 0 heterocycles. The molecule has 0 aromatic heterocycles. The van der Waals surface area contributed by atoms with E-state index in [1.54, 1.807) is 12.1 Å². The first-order chi connectivity index (χ1) is 6.63. The summed E-state index contributed by atoms with van der Waals surface area (Å²) in [5.41, 5.74) is 2.13. The molecule has 14 heavy (non-hydrogen) atoms. The maximum absolute atomic E-state index is 10.0. The topological polar surface area (TPSA) is 41.8 Å². The molecule has 0 aliphatic rings. The molecule has 0 atom stereocenters. The van der Waals surface area contributed by atoms with Crippen molar-refractivity contribution in [1.82, 2.24) is 0 Å². The molecule has 1 rings (SSSR count). The normalized spacial score (nSPS) is 10.9. The molecule has 0 amide bonds. The minimum atomic E-state index is 0.257. The summed E-state index contributed by atoms with van der Waals surface area (Å²) in [6.45, 7) is 1.89. The van der Waals surface area contributed by atoms with Gasteiger partial charge in [0.1, 0.15) is 0 Å². The van der Waals surface area contributed by atoms with Crippen molar-refractivity contribution in [1.29, 1.82) is 0 Å². The molecule has 72 valence electrons. The van der Waals surface area contributed by atoms with Crippen molar-refractivity contribution >= 4 is 49.1 Å². The largest absolute Gasteiger partial charge is 0.240 e. The first-order valence-corrected chi connectivity index (χ1v) is 4.89. The fraction of sp³-hybridized carbons (Fsp3) is 0.111. The number of isocyanates is 1. The fourth-order valence-corrected chi connectivity index (χ4v) is 1.21. The van der Waals surface area contributed by atoms with Crippen LogP contribution in [0.25, 0.3) is 0 Å². The SMILES string of the molecule is Cc1ccc(N=C=O)cc1N=C(Cl)Br. The van der Waals surface area contributed by atoms with Gasteiger partial charge in [0.2, 0.25) is 6.08 Å². The molecule has 3 nitrogen and oxygen atoms in total. The van der Waals surface area contributed by atoms with Gasteiger partial charge < -0.3 is 0 Å². The van der Waals surface area contributed by atoms with Gasteiger partial charge in [-0.3, -0.25) is 0 Å². The van der Waals surface area contributed by atoms with Crippen LogP contribution in [-0.4, -0.2) is 10.2 Å². The lowest BCUT2D eigenvalue weighted by Gasteiger charge is -1.99. The van der Waals surface area contributed by atoms with Gasteiger partial charge in [0.05, 0.1) is 11.4 Å². The Labute approximate surface area is 94.6 Å². The summed E-state index contributed by atoms with van der Waals surface area (Å²) in [5.74, 6) is 0. The fourth-order valence-electron chi connectivity index (χ4n) is 0.932. The van der Waals surface area contributed by atoms with Crippen molar-refractivity contribution in [2.45, 2.75) is 6.92 Å². The van der Waals surface area contributed by atoms with Gasteiger partial charge in [0.15, 0.2) is 4.08 Å². The van der Waals surface area contributed by atoms with Gasteiger partial charge in [-0.1, -0.05) is 17.7 Å². The van der Waals surface area contributed by atoms with Crippen LogP contribution in [0.15, 0.2) is 28.2 Å². The van der Waals surface area contributed by atoms with Gasteiger partial charge in [-0.15, -0.1) is 0 Å². The summed E-state index contributed by atoms with van der Waals surface area (Å²) in [4.78, 5) is 17.5. The molecule has 0 radical (unpaired) electrons. The van der Waals surface area contributed by atoms with Crippen molar-refractivity contribution in [2.75, 3.05) is 0 Å². The van der Waals surface area contributed by atoms with E-state index in [2.05, 4.69) is 25.9 Å². The second kappa shape index (κ2) is 5.05. The summed E-state index contributed by atoms with van der Waals surface area (Å²) in [5, 5.41) is 0. The third-order valence-electron chi connectivity index (χ3n) is 1.57. The second-order valence-electron chi connectivity index (χ2n) is 2.53. The Hall–Kier alpha value is -0.960. The number of benzene rings is 1. The van der Waals surface area contributed by atoms with Crippen LogP contribution in [-0.2, 0) is 4.79 Å². The quantitative estimate of drug-likeness (QED) is 0.600. The highest BCUT2D eigenvalue weighted by atomic mass is 79.9. The van der Waals surface area contributed by atoms with Crippen LogP contribution in [0.1, 0.15) is 5.56 Å². The van der Waals surface area contributed by atoms with Crippen molar-refractivity contribution in [2.24, 2.45) is 9.98 Å². The molecule has 0 aliphatic heterocycles. The first kappa shape index (κ1) is 11.1. The molecule has 0 saturated heterocycles. The van der Waals surface area contributed by atoms with Gasteiger partial charge in [-0.25, -0.2) is 9.79 Å². The van der Waals surface area contributed by atoms with Crippen molar-refractivity contribution in [3.05, 3.63) is 23.8 Å². The maximum atomic E-state index is 10.0. The Morgan fingerprint density at radius 2 is 2.29 bits per heavy atom. The predicted octanol–water partition coefficient (Wildman–Crippen LogP) is 3.58. The van der Waals surface area contributed by atoms with Gasteiger partial charge in [-0.05, 0) is 40.5 Å². The summed E-state index contributed by atoms with van der Waals surface area (Å²) >= 11 is 8.59. The highest BCUT2D eigenvalue weighted by Gasteiger charge is 1.99. The lowest BCUT2D eigenvalue weighted by molar-refractivity contribution is 0.565. The number of hydrogen-bond donors (Lipinski definition) is 0. The van der Waals surface area contributed by atoms with E-state index in [0.717, 1.165) is 5.56 Å². The minimum Gasteiger partial charge on any atom is -0.229 e. The highest BCUT2D eigenvalue weighted by Crippen LogP contribution is 2.25. The molecule has 0 bridgehead atoms. The minimum absolute atomic E-state index is 0.257.